The summed E-state index contributed by atoms with van der Waals surface area (Å²) in [5, 5.41) is 13.4. The van der Waals surface area contributed by atoms with Gasteiger partial charge in [0.05, 0.1) is 5.56 Å². The molecule has 1 saturated carbocycles. The standard InChI is InChI=1S/C24H25BrClN5O/c25-18-9-17(10-19(26)11-18)24(6-7-24)29-8-5-23(32)30-14-20-2-3-21(15-30)31(20)22-4-1-16(12-27)13-28-22/h1,4,9-11,13,20-21,29H,2-3,5-8,14-15H2/t20-,21?/m0/s1. The molecule has 5 rings (SSSR count). The average molecular weight is 515 g/mol. The van der Waals surface area contributed by atoms with Crippen molar-refractivity contribution in [3.63, 3.8) is 0 Å². The summed E-state index contributed by atoms with van der Waals surface area (Å²) in [5.41, 5.74) is 1.71. The third-order valence-electron chi connectivity index (χ3n) is 6.94. The van der Waals surface area contributed by atoms with Crippen LogP contribution in [0, 0.1) is 11.3 Å². The molecule has 3 heterocycles. The molecule has 2 bridgehead atoms. The van der Waals surface area contributed by atoms with E-state index in [4.69, 9.17) is 16.9 Å². The van der Waals surface area contributed by atoms with Crippen molar-refractivity contribution in [1.82, 2.24) is 15.2 Å². The van der Waals surface area contributed by atoms with Crippen molar-refractivity contribution in [2.45, 2.75) is 49.7 Å². The highest BCUT2D eigenvalue weighted by Gasteiger charge is 2.45. The second-order valence-electron chi connectivity index (χ2n) is 9.02. The molecular weight excluding hydrogens is 490 g/mol. The highest BCUT2D eigenvalue weighted by atomic mass is 79.9. The van der Waals surface area contributed by atoms with Crippen LogP contribution in [0.1, 0.15) is 43.2 Å². The van der Waals surface area contributed by atoms with Crippen molar-refractivity contribution < 1.29 is 4.79 Å². The van der Waals surface area contributed by atoms with E-state index in [9.17, 15) is 4.79 Å². The van der Waals surface area contributed by atoms with Gasteiger partial charge >= 0.3 is 0 Å². The maximum atomic E-state index is 13.0. The summed E-state index contributed by atoms with van der Waals surface area (Å²) in [5.74, 6) is 1.12. The number of rotatable bonds is 6. The zero-order valence-electron chi connectivity index (χ0n) is 17.7. The number of nitrogens with zero attached hydrogens (tertiary/aromatic N) is 4. The Kier molecular flexibility index (Phi) is 5.87. The lowest BCUT2D eigenvalue weighted by Crippen LogP contribution is -2.56. The number of benzene rings is 1. The quantitative estimate of drug-likeness (QED) is 0.625. The number of hydrogen-bond acceptors (Lipinski definition) is 5. The second-order valence-corrected chi connectivity index (χ2v) is 10.4. The Morgan fingerprint density at radius 3 is 2.59 bits per heavy atom. The van der Waals surface area contributed by atoms with E-state index >= 15 is 0 Å². The molecule has 1 aromatic carbocycles. The topological polar surface area (TPSA) is 72.3 Å². The van der Waals surface area contributed by atoms with Gasteiger partial charge in [-0.15, -0.1) is 0 Å². The minimum atomic E-state index is -0.0489. The fourth-order valence-corrected chi connectivity index (χ4v) is 6.04. The lowest BCUT2D eigenvalue weighted by atomic mass is 10.0. The number of pyridine rings is 1. The van der Waals surface area contributed by atoms with Crippen LogP contribution in [0.3, 0.4) is 0 Å². The molecule has 166 valence electrons. The van der Waals surface area contributed by atoms with Crippen LogP contribution >= 0.6 is 27.5 Å². The first kappa shape index (κ1) is 21.7. The van der Waals surface area contributed by atoms with E-state index in [1.54, 1.807) is 6.20 Å². The monoisotopic (exact) mass is 513 g/mol. The molecule has 1 aromatic heterocycles. The predicted molar refractivity (Wildman–Crippen MR) is 128 cm³/mol. The molecule has 0 spiro atoms. The Labute approximate surface area is 201 Å². The molecule has 3 fully saturated rings. The van der Waals surface area contributed by atoms with E-state index in [1.165, 1.54) is 5.56 Å². The smallest absolute Gasteiger partial charge is 0.223 e. The lowest BCUT2D eigenvalue weighted by molar-refractivity contribution is -0.132. The number of carbonyl (C=O) groups is 1. The number of halogens is 2. The molecule has 2 atom stereocenters. The van der Waals surface area contributed by atoms with Crippen molar-refractivity contribution in [3.8, 4) is 6.07 Å². The van der Waals surface area contributed by atoms with E-state index in [-0.39, 0.29) is 11.4 Å². The molecular formula is C24H25BrClN5O. The number of nitriles is 1. The van der Waals surface area contributed by atoms with Crippen molar-refractivity contribution >= 4 is 39.3 Å². The van der Waals surface area contributed by atoms with Crippen molar-refractivity contribution in [2.75, 3.05) is 24.5 Å². The van der Waals surface area contributed by atoms with E-state index in [0.29, 0.717) is 30.6 Å². The van der Waals surface area contributed by atoms with Crippen LogP contribution in [0.4, 0.5) is 5.82 Å². The molecule has 1 N–H and O–H groups in total. The third-order valence-corrected chi connectivity index (χ3v) is 7.62. The van der Waals surface area contributed by atoms with Crippen LogP contribution in [0.25, 0.3) is 0 Å². The van der Waals surface area contributed by atoms with Crippen LogP contribution in [0.15, 0.2) is 41.0 Å². The first-order valence-corrected chi connectivity index (χ1v) is 12.3. The number of carbonyl (C=O) groups excluding carboxylic acids is 1. The van der Waals surface area contributed by atoms with Crippen molar-refractivity contribution in [1.29, 1.82) is 5.26 Å². The Balaban J connectivity index is 1.17. The Hall–Kier alpha value is -2.14. The van der Waals surface area contributed by atoms with Gasteiger partial charge in [-0.3, -0.25) is 4.79 Å². The van der Waals surface area contributed by atoms with Crippen LogP contribution in [0.5, 0.6) is 0 Å². The summed E-state index contributed by atoms with van der Waals surface area (Å²) < 4.78 is 0.981. The minimum Gasteiger partial charge on any atom is -0.347 e. The van der Waals surface area contributed by atoms with Gasteiger partial charge in [-0.05, 0) is 61.6 Å². The Bertz CT molecular complexity index is 1030. The molecule has 2 aromatic rings. The maximum absolute atomic E-state index is 13.0. The summed E-state index contributed by atoms with van der Waals surface area (Å²) in [6, 6.07) is 12.5. The average Bonchev–Trinajstić information content (AvgIpc) is 3.52. The van der Waals surface area contributed by atoms with Gasteiger partial charge in [-0.25, -0.2) is 4.98 Å². The van der Waals surface area contributed by atoms with Crippen LogP contribution in [-0.4, -0.2) is 47.5 Å². The first-order chi connectivity index (χ1) is 15.5. The predicted octanol–water partition coefficient (Wildman–Crippen LogP) is 4.22. The molecule has 32 heavy (non-hydrogen) atoms. The van der Waals surface area contributed by atoms with E-state index in [1.807, 2.05) is 29.2 Å². The van der Waals surface area contributed by atoms with Gasteiger partial charge in [0.15, 0.2) is 0 Å². The number of anilines is 1. The minimum absolute atomic E-state index is 0.0489. The van der Waals surface area contributed by atoms with Crippen LogP contribution in [-0.2, 0) is 10.3 Å². The molecule has 1 amide bonds. The van der Waals surface area contributed by atoms with Crippen molar-refractivity contribution in [2.24, 2.45) is 0 Å². The molecule has 2 aliphatic heterocycles. The number of nitrogens with one attached hydrogen (secondary N) is 1. The van der Waals surface area contributed by atoms with Crippen LogP contribution < -0.4 is 10.2 Å². The molecule has 3 aliphatic rings. The van der Waals surface area contributed by atoms with E-state index in [0.717, 1.165) is 54.1 Å². The number of fused-ring (bicyclic) bond motifs is 2. The Morgan fingerprint density at radius 1 is 1.25 bits per heavy atom. The van der Waals surface area contributed by atoms with Gasteiger partial charge in [0.1, 0.15) is 11.9 Å². The summed E-state index contributed by atoms with van der Waals surface area (Å²) in [6.07, 6.45) is 6.40. The maximum Gasteiger partial charge on any atom is 0.223 e. The molecule has 1 aliphatic carbocycles. The van der Waals surface area contributed by atoms with Gasteiger partial charge < -0.3 is 15.1 Å². The molecule has 6 nitrogen and oxygen atoms in total. The van der Waals surface area contributed by atoms with Gasteiger partial charge in [0, 0.05) is 59.4 Å². The normalized spacial score (nSPS) is 23.2. The van der Waals surface area contributed by atoms with Gasteiger partial charge in [0.25, 0.3) is 0 Å². The number of piperazine rings is 1. The van der Waals surface area contributed by atoms with Crippen molar-refractivity contribution in [3.05, 3.63) is 57.2 Å². The number of likely N-dealkylation sites (tertiary alicyclic amines) is 1. The highest BCUT2D eigenvalue weighted by molar-refractivity contribution is 9.10. The molecule has 1 unspecified atom stereocenters. The summed E-state index contributed by atoms with van der Waals surface area (Å²) in [7, 11) is 0. The molecule has 0 radical (unpaired) electrons. The molecule has 8 heteroatoms. The number of hydrogen-bond donors (Lipinski definition) is 1. The third kappa shape index (κ3) is 4.24. The zero-order chi connectivity index (χ0) is 22.3. The van der Waals surface area contributed by atoms with Gasteiger partial charge in [-0.2, -0.15) is 5.26 Å². The zero-order valence-corrected chi connectivity index (χ0v) is 20.1. The summed E-state index contributed by atoms with van der Waals surface area (Å²) >= 11 is 9.76. The number of amides is 1. The molecule has 2 saturated heterocycles. The highest BCUT2D eigenvalue weighted by Crippen LogP contribution is 2.46. The van der Waals surface area contributed by atoms with E-state index in [2.05, 4.69) is 43.3 Å². The lowest BCUT2D eigenvalue weighted by Gasteiger charge is -2.42. The summed E-state index contributed by atoms with van der Waals surface area (Å²) in [6.45, 7) is 2.14. The van der Waals surface area contributed by atoms with E-state index < -0.39 is 0 Å². The largest absolute Gasteiger partial charge is 0.347 e. The fourth-order valence-electron chi connectivity index (χ4n) is 5.18. The fraction of sp³-hybridized carbons (Fsp3) is 0.458. The van der Waals surface area contributed by atoms with Gasteiger partial charge in [0.2, 0.25) is 5.91 Å². The van der Waals surface area contributed by atoms with Crippen LogP contribution in [0.2, 0.25) is 5.02 Å². The Morgan fingerprint density at radius 2 is 2.00 bits per heavy atom. The first-order valence-electron chi connectivity index (χ1n) is 11.1. The number of aromatic nitrogens is 1. The SMILES string of the molecule is N#Cc1ccc(N2C3CC[C@H]2CN(C(=O)CCNC2(c4cc(Cl)cc(Br)c4)CC2)C3)nc1. The second kappa shape index (κ2) is 8.66. The summed E-state index contributed by atoms with van der Waals surface area (Å²) in [4.78, 5) is 21.8. The van der Waals surface area contributed by atoms with Gasteiger partial charge in [-0.1, -0.05) is 27.5 Å².